The summed E-state index contributed by atoms with van der Waals surface area (Å²) in [5.74, 6) is -1.05. The zero-order valence-corrected chi connectivity index (χ0v) is 18.1. The van der Waals surface area contributed by atoms with E-state index in [4.69, 9.17) is 46.4 Å². The fourth-order valence-electron chi connectivity index (χ4n) is 3.25. The molecule has 0 aliphatic carbocycles. The van der Waals surface area contributed by atoms with E-state index in [-0.39, 0.29) is 31.2 Å². The van der Waals surface area contributed by atoms with Crippen LogP contribution >= 0.6 is 46.4 Å². The van der Waals surface area contributed by atoms with Crippen LogP contribution in [0.1, 0.15) is 16.7 Å². The lowest BCUT2D eigenvalue weighted by Gasteiger charge is -2.34. The molecule has 3 N–H and O–H groups in total. The van der Waals surface area contributed by atoms with Gasteiger partial charge in [0.1, 0.15) is 11.5 Å². The lowest BCUT2D eigenvalue weighted by molar-refractivity contribution is 0.428. The van der Waals surface area contributed by atoms with Crippen molar-refractivity contribution < 1.29 is 23.2 Å². The van der Waals surface area contributed by atoms with Gasteiger partial charge in [-0.2, -0.15) is 8.42 Å². The zero-order valence-electron chi connectivity index (χ0n) is 14.3. The average Bonchev–Trinajstić information content (AvgIpc) is 2.63. The molecule has 3 aromatic carbocycles. The second-order valence-corrected chi connectivity index (χ2v) is 9.16. The third kappa shape index (κ3) is 3.44. The van der Waals surface area contributed by atoms with Crippen molar-refractivity contribution in [2.24, 2.45) is 0 Å². The van der Waals surface area contributed by atoms with Crippen molar-refractivity contribution in [2.75, 3.05) is 0 Å². The van der Waals surface area contributed by atoms with Crippen LogP contribution in [-0.2, 0) is 14.9 Å². The highest BCUT2D eigenvalue weighted by Gasteiger charge is 2.54. The maximum Gasteiger partial charge on any atom is 0.283 e. The Labute approximate surface area is 186 Å². The third-order valence-corrected chi connectivity index (χ3v) is 7.45. The summed E-state index contributed by atoms with van der Waals surface area (Å²) in [6.07, 6.45) is 0. The van der Waals surface area contributed by atoms with Gasteiger partial charge in [0.25, 0.3) is 10.1 Å². The van der Waals surface area contributed by atoms with Gasteiger partial charge in [-0.05, 0) is 24.3 Å². The molecule has 0 amide bonds. The topological polar surface area (TPSA) is 94.8 Å². The lowest BCUT2D eigenvalue weighted by atomic mass is 9.82. The zero-order chi connectivity index (χ0) is 21.6. The van der Waals surface area contributed by atoms with Gasteiger partial charge in [0.15, 0.2) is 4.75 Å². The molecule has 0 saturated heterocycles. The van der Waals surface area contributed by atoms with Crippen LogP contribution < -0.4 is 0 Å². The number of para-hydroxylation sites is 1. The fourth-order valence-corrected chi connectivity index (χ4v) is 5.72. The molecule has 0 heterocycles. The normalized spacial score (nSPS) is 13.8. The van der Waals surface area contributed by atoms with Gasteiger partial charge >= 0.3 is 0 Å². The molecule has 0 fully saturated rings. The van der Waals surface area contributed by atoms with Crippen molar-refractivity contribution in [3.8, 4) is 11.5 Å². The Balaban J connectivity index is 2.68. The molecular formula is C19H12Cl4O5S. The van der Waals surface area contributed by atoms with Crippen LogP contribution in [0.25, 0.3) is 0 Å². The molecule has 0 bridgehead atoms. The highest BCUT2D eigenvalue weighted by Crippen LogP contribution is 2.54. The van der Waals surface area contributed by atoms with Crippen LogP contribution in [-0.4, -0.2) is 23.2 Å². The summed E-state index contributed by atoms with van der Waals surface area (Å²) >= 11 is 24.7. The first-order chi connectivity index (χ1) is 13.5. The number of halogens is 4. The van der Waals surface area contributed by atoms with Gasteiger partial charge in [-0.1, -0.05) is 76.7 Å². The smallest absolute Gasteiger partial charge is 0.283 e. The van der Waals surface area contributed by atoms with Crippen molar-refractivity contribution >= 4 is 56.5 Å². The van der Waals surface area contributed by atoms with Crippen LogP contribution in [0.15, 0.2) is 54.6 Å². The molecule has 152 valence electrons. The molecular weight excluding hydrogens is 482 g/mol. The number of rotatable bonds is 4. The van der Waals surface area contributed by atoms with E-state index in [2.05, 4.69) is 0 Å². The Kier molecular flexibility index (Phi) is 5.98. The Morgan fingerprint density at radius 2 is 1.31 bits per heavy atom. The Hall–Kier alpha value is -1.67. The summed E-state index contributed by atoms with van der Waals surface area (Å²) in [7, 11) is -5.20. The molecule has 10 heteroatoms. The second-order valence-electron chi connectivity index (χ2n) is 6.03. The van der Waals surface area contributed by atoms with E-state index >= 15 is 0 Å². The van der Waals surface area contributed by atoms with Crippen molar-refractivity contribution in [1.82, 2.24) is 0 Å². The number of phenols is 2. The molecule has 29 heavy (non-hydrogen) atoms. The van der Waals surface area contributed by atoms with E-state index in [1.165, 1.54) is 54.6 Å². The lowest BCUT2D eigenvalue weighted by Crippen LogP contribution is -2.39. The van der Waals surface area contributed by atoms with Gasteiger partial charge in [-0.15, -0.1) is 0 Å². The number of hydrogen-bond acceptors (Lipinski definition) is 4. The summed E-state index contributed by atoms with van der Waals surface area (Å²) in [4.78, 5) is 0. The number of phenolic OH excluding ortho intramolecular Hbond substituents is 2. The molecule has 1 unspecified atom stereocenters. The van der Waals surface area contributed by atoms with Crippen LogP contribution in [0, 0.1) is 0 Å². The van der Waals surface area contributed by atoms with Gasteiger partial charge in [0, 0.05) is 21.7 Å². The van der Waals surface area contributed by atoms with Gasteiger partial charge in [-0.25, -0.2) is 0 Å². The summed E-state index contributed by atoms with van der Waals surface area (Å²) in [6, 6.07) is 11.8. The van der Waals surface area contributed by atoms with E-state index in [0.717, 1.165) is 0 Å². The minimum atomic E-state index is -5.20. The van der Waals surface area contributed by atoms with Gasteiger partial charge in [0.2, 0.25) is 0 Å². The van der Waals surface area contributed by atoms with Crippen LogP contribution in [0.3, 0.4) is 0 Å². The highest BCUT2D eigenvalue weighted by atomic mass is 35.5. The Bertz CT molecular complexity index is 1190. The van der Waals surface area contributed by atoms with Crippen LogP contribution in [0.5, 0.6) is 11.5 Å². The third-order valence-electron chi connectivity index (χ3n) is 4.43. The van der Waals surface area contributed by atoms with Gasteiger partial charge in [-0.3, -0.25) is 4.55 Å². The fraction of sp³-hybridized carbons (Fsp3) is 0.0526. The SMILES string of the molecule is O=S(=O)(O)C(c1ccccc1O)(c1ccc(Cl)c(Cl)c1Cl)c1c(O)cccc1Cl. The minimum Gasteiger partial charge on any atom is -0.508 e. The first-order valence-corrected chi connectivity index (χ1v) is 10.9. The molecule has 1 atom stereocenters. The molecule has 0 spiro atoms. The number of hydrogen-bond donors (Lipinski definition) is 3. The quantitative estimate of drug-likeness (QED) is 0.239. The highest BCUT2D eigenvalue weighted by molar-refractivity contribution is 7.87. The van der Waals surface area contributed by atoms with Crippen molar-refractivity contribution in [3.05, 3.63) is 91.4 Å². The monoisotopic (exact) mass is 492 g/mol. The molecule has 0 aromatic heterocycles. The Morgan fingerprint density at radius 1 is 0.690 bits per heavy atom. The molecule has 5 nitrogen and oxygen atoms in total. The summed E-state index contributed by atoms with van der Waals surface area (Å²) in [5.41, 5.74) is -0.974. The molecule has 0 saturated carbocycles. The van der Waals surface area contributed by atoms with E-state index in [0.29, 0.717) is 0 Å². The molecule has 3 aromatic rings. The predicted octanol–water partition coefficient (Wildman–Crippen LogP) is 5.89. The molecule has 0 radical (unpaired) electrons. The second kappa shape index (κ2) is 7.87. The van der Waals surface area contributed by atoms with Crippen molar-refractivity contribution in [1.29, 1.82) is 0 Å². The van der Waals surface area contributed by atoms with E-state index in [1.807, 2.05) is 0 Å². The van der Waals surface area contributed by atoms with Gasteiger partial charge in [0.05, 0.1) is 15.1 Å². The maximum atomic E-state index is 13.0. The predicted molar refractivity (Wildman–Crippen MR) is 114 cm³/mol. The van der Waals surface area contributed by atoms with Crippen LogP contribution in [0.2, 0.25) is 20.1 Å². The largest absolute Gasteiger partial charge is 0.508 e. The minimum absolute atomic E-state index is 0.0327. The maximum absolute atomic E-state index is 13.0. The number of benzene rings is 3. The van der Waals surface area contributed by atoms with E-state index in [1.54, 1.807) is 0 Å². The standard InChI is InChI=1S/C19H12Cl4O5S/c20-12-5-3-7-15(25)16(12)19(29(26,27)28,10-4-1-2-6-14(10)24)11-8-9-13(21)18(23)17(11)22/h1-9,24-25H,(H,26,27,28). The molecule has 0 aliphatic heterocycles. The summed E-state index contributed by atoms with van der Waals surface area (Å²) in [6.45, 7) is 0. The van der Waals surface area contributed by atoms with Crippen molar-refractivity contribution in [3.63, 3.8) is 0 Å². The molecule has 3 rings (SSSR count). The van der Waals surface area contributed by atoms with E-state index in [9.17, 15) is 23.2 Å². The van der Waals surface area contributed by atoms with Crippen molar-refractivity contribution in [2.45, 2.75) is 4.75 Å². The van der Waals surface area contributed by atoms with Gasteiger partial charge < -0.3 is 10.2 Å². The number of aromatic hydroxyl groups is 2. The average molecular weight is 494 g/mol. The Morgan fingerprint density at radius 3 is 1.90 bits per heavy atom. The summed E-state index contributed by atoms with van der Waals surface area (Å²) < 4.78 is 33.9. The summed E-state index contributed by atoms with van der Waals surface area (Å²) in [5, 5.41) is 20.4. The van der Waals surface area contributed by atoms with E-state index < -0.39 is 31.9 Å². The molecule has 0 aliphatic rings. The van der Waals surface area contributed by atoms with Crippen LogP contribution in [0.4, 0.5) is 0 Å². The first-order valence-electron chi connectivity index (χ1n) is 7.91. The first kappa shape index (κ1) is 22.0.